The predicted octanol–water partition coefficient (Wildman–Crippen LogP) is 6.69. The summed E-state index contributed by atoms with van der Waals surface area (Å²) in [6.07, 6.45) is 0. The van der Waals surface area contributed by atoms with E-state index in [0.717, 1.165) is 44.0 Å². The normalized spacial score (nSPS) is 11.3. The van der Waals surface area contributed by atoms with E-state index in [1.54, 1.807) is 0 Å². The molecule has 0 unspecified atom stereocenters. The number of hydrogen-bond donors (Lipinski definition) is 0. The molecule has 0 aliphatic carbocycles. The van der Waals surface area contributed by atoms with Crippen molar-refractivity contribution in [2.45, 2.75) is 0 Å². The van der Waals surface area contributed by atoms with Gasteiger partial charge in [0.05, 0.1) is 35.2 Å². The van der Waals surface area contributed by atoms with Gasteiger partial charge in [0.15, 0.2) is 17.2 Å². The molecular formula is C25H13N5. The van der Waals surface area contributed by atoms with E-state index in [0.29, 0.717) is 11.4 Å². The smallest absolute Gasteiger partial charge is 0.188 e. The molecule has 30 heavy (non-hydrogen) atoms. The molecule has 0 bridgehead atoms. The second-order valence-corrected chi connectivity index (χ2v) is 7.19. The lowest BCUT2D eigenvalue weighted by atomic mass is 10.1. The van der Waals surface area contributed by atoms with Gasteiger partial charge in [-0.1, -0.05) is 36.4 Å². The molecule has 3 heterocycles. The van der Waals surface area contributed by atoms with Gasteiger partial charge in [-0.05, 0) is 47.2 Å². The zero-order chi connectivity index (χ0) is 20.2. The molecule has 0 N–H and O–H groups in total. The standard InChI is InChI=1S/C25H13N5/c1-26-17-8-11-23-20(13-17)21-14-18(27-2)9-12-24(21)29(23)25-15-19-10-7-16-5-3-4-6-22(16)30(19)28-25/h3-15H. The van der Waals surface area contributed by atoms with Gasteiger partial charge in [0.2, 0.25) is 0 Å². The van der Waals surface area contributed by atoms with E-state index in [1.165, 1.54) is 0 Å². The Bertz CT molecular complexity index is 1650. The maximum Gasteiger partial charge on any atom is 0.188 e. The van der Waals surface area contributed by atoms with Gasteiger partial charge >= 0.3 is 0 Å². The predicted molar refractivity (Wildman–Crippen MR) is 120 cm³/mol. The first-order valence-corrected chi connectivity index (χ1v) is 9.48. The summed E-state index contributed by atoms with van der Waals surface area (Å²) in [5.41, 5.74) is 5.15. The van der Waals surface area contributed by atoms with Crippen molar-refractivity contribution in [1.29, 1.82) is 0 Å². The molecule has 0 amide bonds. The molecule has 5 nitrogen and oxygen atoms in total. The first-order valence-electron chi connectivity index (χ1n) is 9.48. The first kappa shape index (κ1) is 16.4. The van der Waals surface area contributed by atoms with Crippen LogP contribution in [-0.4, -0.2) is 14.2 Å². The maximum absolute atomic E-state index is 7.38. The summed E-state index contributed by atoms with van der Waals surface area (Å²) >= 11 is 0. The summed E-state index contributed by atoms with van der Waals surface area (Å²) < 4.78 is 4.07. The van der Waals surface area contributed by atoms with Crippen molar-refractivity contribution in [3.8, 4) is 5.82 Å². The molecule has 0 atom stereocenters. The van der Waals surface area contributed by atoms with Crippen LogP contribution < -0.4 is 0 Å². The van der Waals surface area contributed by atoms with Crippen LogP contribution in [0, 0.1) is 13.1 Å². The third-order valence-corrected chi connectivity index (χ3v) is 5.54. The summed E-state index contributed by atoms with van der Waals surface area (Å²) in [4.78, 5) is 7.16. The molecule has 6 rings (SSSR count). The molecule has 0 saturated carbocycles. The second kappa shape index (κ2) is 5.94. The van der Waals surface area contributed by atoms with Gasteiger partial charge < -0.3 is 0 Å². The Morgan fingerprint density at radius 1 is 0.667 bits per heavy atom. The van der Waals surface area contributed by atoms with E-state index in [9.17, 15) is 0 Å². The van der Waals surface area contributed by atoms with E-state index in [-0.39, 0.29) is 0 Å². The minimum absolute atomic E-state index is 0.579. The zero-order valence-electron chi connectivity index (χ0n) is 15.7. The Balaban J connectivity index is 1.74. The molecule has 6 aromatic rings. The number of fused-ring (bicyclic) bond motifs is 6. The first-order chi connectivity index (χ1) is 14.8. The summed E-state index contributed by atoms with van der Waals surface area (Å²) in [6.45, 7) is 14.8. The van der Waals surface area contributed by atoms with Gasteiger partial charge in [-0.15, -0.1) is 5.10 Å². The topological polar surface area (TPSA) is 31.0 Å². The van der Waals surface area contributed by atoms with Crippen LogP contribution in [0.4, 0.5) is 11.4 Å². The Labute approximate surface area is 171 Å². The molecule has 0 aliphatic rings. The average molecular weight is 383 g/mol. The highest BCUT2D eigenvalue weighted by Crippen LogP contribution is 2.36. The minimum atomic E-state index is 0.579. The lowest BCUT2D eigenvalue weighted by Gasteiger charge is -2.03. The SMILES string of the molecule is [C-]#[N+]c1ccc2c(c1)c1cc([N+]#[C-])ccc1n2-c1cc2ccc3ccccc3n2n1. The van der Waals surface area contributed by atoms with Crippen molar-refractivity contribution in [3.63, 3.8) is 0 Å². The lowest BCUT2D eigenvalue weighted by Crippen LogP contribution is -1.96. The molecule has 5 heteroatoms. The molecule has 3 aromatic carbocycles. The molecule has 3 aromatic heterocycles. The Morgan fingerprint density at radius 3 is 2.00 bits per heavy atom. The highest BCUT2D eigenvalue weighted by Gasteiger charge is 2.16. The number of hydrogen-bond acceptors (Lipinski definition) is 1. The summed E-state index contributed by atoms with van der Waals surface area (Å²) in [6, 6.07) is 25.8. The quantitative estimate of drug-likeness (QED) is 0.291. The van der Waals surface area contributed by atoms with Crippen LogP contribution in [0.2, 0.25) is 0 Å². The van der Waals surface area contributed by atoms with Gasteiger partial charge in [-0.25, -0.2) is 14.2 Å². The summed E-state index contributed by atoms with van der Waals surface area (Å²) in [5.74, 6) is 0.803. The Hall–Kier alpha value is -4.61. The monoisotopic (exact) mass is 383 g/mol. The van der Waals surface area contributed by atoms with Crippen LogP contribution in [0.1, 0.15) is 0 Å². The van der Waals surface area contributed by atoms with Crippen molar-refractivity contribution in [2.75, 3.05) is 0 Å². The van der Waals surface area contributed by atoms with Crippen molar-refractivity contribution in [3.05, 3.63) is 102 Å². The number of benzene rings is 3. The van der Waals surface area contributed by atoms with Crippen LogP contribution in [0.3, 0.4) is 0 Å². The Morgan fingerprint density at radius 2 is 1.33 bits per heavy atom. The van der Waals surface area contributed by atoms with Crippen molar-refractivity contribution < 1.29 is 0 Å². The third-order valence-electron chi connectivity index (χ3n) is 5.54. The van der Waals surface area contributed by atoms with Crippen LogP contribution in [-0.2, 0) is 0 Å². The average Bonchev–Trinajstić information content (AvgIpc) is 3.37. The van der Waals surface area contributed by atoms with Gasteiger partial charge in [0, 0.05) is 11.5 Å². The minimum Gasteiger partial charge on any atom is -0.292 e. The fourth-order valence-electron chi connectivity index (χ4n) is 4.19. The van der Waals surface area contributed by atoms with E-state index in [1.807, 2.05) is 53.0 Å². The molecule has 0 saturated heterocycles. The van der Waals surface area contributed by atoms with Crippen molar-refractivity contribution >= 4 is 49.6 Å². The summed E-state index contributed by atoms with van der Waals surface area (Å²) in [7, 11) is 0. The maximum atomic E-state index is 7.38. The molecular weight excluding hydrogens is 370 g/mol. The molecule has 0 radical (unpaired) electrons. The third kappa shape index (κ3) is 2.18. The molecule has 0 spiro atoms. The van der Waals surface area contributed by atoms with Crippen LogP contribution in [0.15, 0.2) is 78.9 Å². The van der Waals surface area contributed by atoms with E-state index < -0.39 is 0 Å². The van der Waals surface area contributed by atoms with Gasteiger partial charge in [0.25, 0.3) is 0 Å². The number of para-hydroxylation sites is 1. The van der Waals surface area contributed by atoms with Gasteiger partial charge in [-0.3, -0.25) is 4.57 Å². The lowest BCUT2D eigenvalue weighted by molar-refractivity contribution is 0.952. The van der Waals surface area contributed by atoms with Crippen molar-refractivity contribution in [2.24, 2.45) is 0 Å². The van der Waals surface area contributed by atoms with Crippen molar-refractivity contribution in [1.82, 2.24) is 14.2 Å². The fraction of sp³-hybridized carbons (Fsp3) is 0. The number of aromatic nitrogens is 3. The highest BCUT2D eigenvalue weighted by atomic mass is 15.3. The van der Waals surface area contributed by atoms with E-state index >= 15 is 0 Å². The summed E-state index contributed by atoms with van der Waals surface area (Å²) in [5, 5.41) is 7.96. The van der Waals surface area contributed by atoms with Crippen LogP contribution >= 0.6 is 0 Å². The molecule has 0 aliphatic heterocycles. The van der Waals surface area contributed by atoms with Gasteiger partial charge in [0.1, 0.15) is 0 Å². The zero-order valence-corrected chi connectivity index (χ0v) is 15.7. The van der Waals surface area contributed by atoms with Crippen LogP contribution in [0.5, 0.6) is 0 Å². The highest BCUT2D eigenvalue weighted by molar-refractivity contribution is 6.11. The largest absolute Gasteiger partial charge is 0.292 e. The van der Waals surface area contributed by atoms with Gasteiger partial charge in [-0.2, -0.15) is 0 Å². The van der Waals surface area contributed by atoms with Crippen LogP contribution in [0.25, 0.3) is 53.7 Å². The molecule has 0 fully saturated rings. The number of pyridine rings is 1. The number of nitrogens with zero attached hydrogens (tertiary/aromatic N) is 5. The second-order valence-electron chi connectivity index (χ2n) is 7.19. The Kier molecular flexibility index (Phi) is 3.24. The van der Waals surface area contributed by atoms with E-state index in [2.05, 4.69) is 44.6 Å². The molecule has 138 valence electrons. The number of rotatable bonds is 1. The van der Waals surface area contributed by atoms with E-state index in [4.69, 9.17) is 18.2 Å². The fourth-order valence-corrected chi connectivity index (χ4v) is 4.19.